The van der Waals surface area contributed by atoms with Gasteiger partial charge < -0.3 is 4.74 Å². The van der Waals surface area contributed by atoms with Crippen molar-refractivity contribution in [1.29, 1.82) is 5.41 Å². The van der Waals surface area contributed by atoms with Crippen molar-refractivity contribution >= 4 is 12.4 Å². The Morgan fingerprint density at radius 1 is 1.23 bits per heavy atom. The average Bonchev–Trinajstić information content (AvgIpc) is 2.11. The SMILES string of the molecule is CCCCCCCCC(=N)OC=O. The highest BCUT2D eigenvalue weighted by Crippen LogP contribution is 2.07. The lowest BCUT2D eigenvalue weighted by atomic mass is 10.1. The van der Waals surface area contributed by atoms with Crippen molar-refractivity contribution in [1.82, 2.24) is 0 Å². The van der Waals surface area contributed by atoms with Crippen LogP contribution in [0.15, 0.2) is 0 Å². The van der Waals surface area contributed by atoms with Crippen LogP contribution >= 0.6 is 0 Å². The molecule has 0 aliphatic carbocycles. The van der Waals surface area contributed by atoms with Crippen molar-refractivity contribution in [3.8, 4) is 0 Å². The molecular weight excluding hydrogens is 166 g/mol. The summed E-state index contributed by atoms with van der Waals surface area (Å²) in [7, 11) is 0. The molecule has 0 saturated carbocycles. The summed E-state index contributed by atoms with van der Waals surface area (Å²) < 4.78 is 4.37. The molecule has 0 unspecified atom stereocenters. The first-order chi connectivity index (χ1) is 6.31. The van der Waals surface area contributed by atoms with Gasteiger partial charge in [-0.15, -0.1) is 0 Å². The highest BCUT2D eigenvalue weighted by Gasteiger charge is 1.96. The van der Waals surface area contributed by atoms with Gasteiger partial charge in [0.25, 0.3) is 6.47 Å². The third kappa shape index (κ3) is 9.05. The Morgan fingerprint density at radius 2 is 1.85 bits per heavy atom. The molecule has 0 aliphatic rings. The zero-order valence-corrected chi connectivity index (χ0v) is 8.34. The minimum Gasteiger partial charge on any atom is -0.414 e. The first kappa shape index (κ1) is 12.1. The van der Waals surface area contributed by atoms with E-state index in [0.29, 0.717) is 12.9 Å². The Bertz CT molecular complexity index is 146. The summed E-state index contributed by atoms with van der Waals surface area (Å²) in [6.07, 6.45) is 7.72. The fourth-order valence-electron chi connectivity index (χ4n) is 1.18. The molecule has 0 atom stereocenters. The van der Waals surface area contributed by atoms with Crippen LogP contribution in [0.2, 0.25) is 0 Å². The second kappa shape index (κ2) is 9.23. The van der Waals surface area contributed by atoms with Crippen molar-refractivity contribution in [2.75, 3.05) is 0 Å². The monoisotopic (exact) mass is 185 g/mol. The Morgan fingerprint density at radius 3 is 2.46 bits per heavy atom. The molecule has 0 fully saturated rings. The quantitative estimate of drug-likeness (QED) is 0.273. The zero-order valence-electron chi connectivity index (χ0n) is 8.34. The molecule has 0 aromatic heterocycles. The van der Waals surface area contributed by atoms with E-state index in [4.69, 9.17) is 5.41 Å². The van der Waals surface area contributed by atoms with Gasteiger partial charge >= 0.3 is 0 Å². The number of rotatable bonds is 8. The van der Waals surface area contributed by atoms with Crippen LogP contribution in [0, 0.1) is 5.41 Å². The molecule has 0 aliphatic heterocycles. The van der Waals surface area contributed by atoms with Crippen molar-refractivity contribution in [3.63, 3.8) is 0 Å². The van der Waals surface area contributed by atoms with Gasteiger partial charge in [0, 0.05) is 6.42 Å². The predicted octanol–water partition coefficient (Wildman–Crippen LogP) is 2.89. The van der Waals surface area contributed by atoms with E-state index in [1.807, 2.05) is 0 Å². The van der Waals surface area contributed by atoms with Gasteiger partial charge in [-0.25, -0.2) is 0 Å². The Labute approximate surface area is 80.0 Å². The molecule has 0 amide bonds. The molecule has 13 heavy (non-hydrogen) atoms. The molecule has 3 heteroatoms. The van der Waals surface area contributed by atoms with E-state index >= 15 is 0 Å². The van der Waals surface area contributed by atoms with Crippen LogP contribution in [0.1, 0.15) is 51.9 Å². The molecule has 76 valence electrons. The van der Waals surface area contributed by atoms with Crippen LogP contribution in [0.3, 0.4) is 0 Å². The van der Waals surface area contributed by atoms with Crippen LogP contribution in [-0.2, 0) is 9.53 Å². The van der Waals surface area contributed by atoms with Gasteiger partial charge in [-0.2, -0.15) is 0 Å². The maximum atomic E-state index is 9.83. The van der Waals surface area contributed by atoms with Crippen molar-refractivity contribution in [2.24, 2.45) is 0 Å². The average molecular weight is 185 g/mol. The fourth-order valence-corrected chi connectivity index (χ4v) is 1.18. The number of unbranched alkanes of at least 4 members (excludes halogenated alkanes) is 5. The van der Waals surface area contributed by atoms with E-state index in [-0.39, 0.29) is 5.90 Å². The van der Waals surface area contributed by atoms with E-state index < -0.39 is 0 Å². The second-order valence-corrected chi connectivity index (χ2v) is 3.16. The highest BCUT2D eigenvalue weighted by molar-refractivity contribution is 5.78. The number of hydrogen-bond acceptors (Lipinski definition) is 3. The first-order valence-corrected chi connectivity index (χ1v) is 4.99. The minimum absolute atomic E-state index is 0.0884. The molecule has 0 heterocycles. The lowest BCUT2D eigenvalue weighted by Crippen LogP contribution is -2.00. The molecule has 0 aromatic rings. The summed E-state index contributed by atoms with van der Waals surface area (Å²) in [6.45, 7) is 2.51. The van der Waals surface area contributed by atoms with E-state index in [2.05, 4.69) is 11.7 Å². The standard InChI is InChI=1S/C10H19NO2/c1-2-3-4-5-6-7-8-10(11)13-9-12/h9,11H,2-8H2,1H3. The van der Waals surface area contributed by atoms with Crippen molar-refractivity contribution < 1.29 is 9.53 Å². The minimum atomic E-state index is 0.0884. The van der Waals surface area contributed by atoms with E-state index in [9.17, 15) is 4.79 Å². The number of hydrogen-bond donors (Lipinski definition) is 1. The molecule has 0 radical (unpaired) electrons. The van der Waals surface area contributed by atoms with Gasteiger partial charge in [0.2, 0.25) is 0 Å². The van der Waals surface area contributed by atoms with Crippen LogP contribution in [0.25, 0.3) is 0 Å². The van der Waals surface area contributed by atoms with Gasteiger partial charge in [0.1, 0.15) is 0 Å². The molecule has 3 nitrogen and oxygen atoms in total. The molecule has 0 aromatic carbocycles. The summed E-state index contributed by atoms with van der Waals surface area (Å²) in [4.78, 5) is 9.83. The summed E-state index contributed by atoms with van der Waals surface area (Å²) in [5, 5.41) is 7.15. The van der Waals surface area contributed by atoms with Crippen molar-refractivity contribution in [2.45, 2.75) is 51.9 Å². The molecule has 1 N–H and O–H groups in total. The van der Waals surface area contributed by atoms with E-state index in [0.717, 1.165) is 12.8 Å². The lowest BCUT2D eigenvalue weighted by molar-refractivity contribution is -0.121. The summed E-state index contributed by atoms with van der Waals surface area (Å²) in [6, 6.07) is 0. The normalized spacial score (nSPS) is 9.62. The predicted molar refractivity (Wildman–Crippen MR) is 52.9 cm³/mol. The number of carbonyl (C=O) groups is 1. The van der Waals surface area contributed by atoms with Gasteiger partial charge in [0.15, 0.2) is 5.90 Å². The third-order valence-corrected chi connectivity index (χ3v) is 1.95. The molecular formula is C10H19NO2. The zero-order chi connectivity index (χ0) is 9.94. The van der Waals surface area contributed by atoms with Crippen molar-refractivity contribution in [3.05, 3.63) is 0 Å². The second-order valence-electron chi connectivity index (χ2n) is 3.16. The number of carbonyl (C=O) groups excluding carboxylic acids is 1. The number of nitrogens with one attached hydrogen (secondary N) is 1. The molecule has 0 rings (SSSR count). The van der Waals surface area contributed by atoms with Gasteiger partial charge in [-0.3, -0.25) is 10.2 Å². The Hall–Kier alpha value is -0.860. The van der Waals surface area contributed by atoms with Crippen LogP contribution in [0.4, 0.5) is 0 Å². The van der Waals surface area contributed by atoms with Crippen LogP contribution in [0.5, 0.6) is 0 Å². The third-order valence-electron chi connectivity index (χ3n) is 1.95. The summed E-state index contributed by atoms with van der Waals surface area (Å²) >= 11 is 0. The Balaban J connectivity index is 3.06. The summed E-state index contributed by atoms with van der Waals surface area (Å²) in [5.41, 5.74) is 0. The molecule has 0 bridgehead atoms. The van der Waals surface area contributed by atoms with E-state index in [1.54, 1.807) is 0 Å². The van der Waals surface area contributed by atoms with Crippen LogP contribution < -0.4 is 0 Å². The maximum absolute atomic E-state index is 9.83. The number of ether oxygens (including phenoxy) is 1. The van der Waals surface area contributed by atoms with E-state index in [1.165, 1.54) is 25.7 Å². The fraction of sp³-hybridized carbons (Fsp3) is 0.800. The highest BCUT2D eigenvalue weighted by atomic mass is 16.5. The van der Waals surface area contributed by atoms with Crippen LogP contribution in [-0.4, -0.2) is 12.4 Å². The molecule has 0 saturated heterocycles. The Kier molecular flexibility index (Phi) is 8.62. The topological polar surface area (TPSA) is 50.1 Å². The smallest absolute Gasteiger partial charge is 0.299 e. The van der Waals surface area contributed by atoms with Gasteiger partial charge in [-0.05, 0) is 6.42 Å². The van der Waals surface area contributed by atoms with Gasteiger partial charge in [0.05, 0.1) is 0 Å². The first-order valence-electron chi connectivity index (χ1n) is 4.99. The van der Waals surface area contributed by atoms with Gasteiger partial charge in [-0.1, -0.05) is 39.0 Å². The lowest BCUT2D eigenvalue weighted by Gasteiger charge is -2.00. The summed E-state index contributed by atoms with van der Waals surface area (Å²) in [5.74, 6) is 0.0884. The maximum Gasteiger partial charge on any atom is 0.299 e. The molecule has 0 spiro atoms. The largest absolute Gasteiger partial charge is 0.414 e.